The summed E-state index contributed by atoms with van der Waals surface area (Å²) in [5.74, 6) is -0.363. The van der Waals surface area contributed by atoms with Gasteiger partial charge < -0.3 is 0 Å². The molecule has 0 fully saturated rings. The number of carbonyl (C=O) groups excluding carboxylic acids is 1. The number of carbonyl (C=O) groups is 1. The molecule has 0 spiro atoms. The van der Waals surface area contributed by atoms with Gasteiger partial charge in [0, 0.05) is 6.42 Å². The van der Waals surface area contributed by atoms with Gasteiger partial charge in [-0.25, -0.2) is 5.48 Å². The maximum Gasteiger partial charge on any atom is 0.243 e. The van der Waals surface area contributed by atoms with Crippen LogP contribution in [-0.4, -0.2) is 11.1 Å². The predicted octanol–water partition coefficient (Wildman–Crippen LogP) is 0.848. The van der Waals surface area contributed by atoms with Crippen molar-refractivity contribution >= 4 is 5.91 Å². The highest BCUT2D eigenvalue weighted by Crippen LogP contribution is 1.98. The zero-order chi connectivity index (χ0) is 7.28. The summed E-state index contributed by atoms with van der Waals surface area (Å²) in [4.78, 5) is 10.3. The van der Waals surface area contributed by atoms with Gasteiger partial charge in [-0.3, -0.25) is 10.0 Å². The summed E-state index contributed by atoms with van der Waals surface area (Å²) >= 11 is 0. The molecule has 52 valence electrons. The summed E-state index contributed by atoms with van der Waals surface area (Å²) in [6.45, 7) is 5.44. The largest absolute Gasteiger partial charge is 0.289 e. The standard InChI is InChI=1S/C6H11NO2/c1-5(2)3-4-6(8)7-9/h9H,1,3-4H2,2H3,(H,7,8). The van der Waals surface area contributed by atoms with Crippen molar-refractivity contribution in [2.75, 3.05) is 0 Å². The lowest BCUT2D eigenvalue weighted by molar-refractivity contribution is -0.129. The van der Waals surface area contributed by atoms with Crippen LogP contribution in [-0.2, 0) is 4.79 Å². The van der Waals surface area contributed by atoms with Crippen LogP contribution in [0.15, 0.2) is 12.2 Å². The summed E-state index contributed by atoms with van der Waals surface area (Å²) in [7, 11) is 0. The molecular weight excluding hydrogens is 118 g/mol. The van der Waals surface area contributed by atoms with Crippen LogP contribution < -0.4 is 5.48 Å². The predicted molar refractivity (Wildman–Crippen MR) is 34.0 cm³/mol. The Bertz CT molecular complexity index is 120. The fraction of sp³-hybridized carbons (Fsp3) is 0.500. The summed E-state index contributed by atoms with van der Waals surface area (Å²) in [6.07, 6.45) is 0.943. The molecule has 0 saturated heterocycles. The first-order chi connectivity index (χ1) is 4.16. The van der Waals surface area contributed by atoms with Crippen molar-refractivity contribution in [3.63, 3.8) is 0 Å². The van der Waals surface area contributed by atoms with Crippen molar-refractivity contribution in [2.45, 2.75) is 19.8 Å². The molecule has 0 aromatic heterocycles. The Hall–Kier alpha value is -0.830. The van der Waals surface area contributed by atoms with E-state index in [1.54, 1.807) is 5.48 Å². The molecule has 0 heterocycles. The molecule has 0 radical (unpaired) electrons. The summed E-state index contributed by atoms with van der Waals surface area (Å²) < 4.78 is 0. The van der Waals surface area contributed by atoms with E-state index in [-0.39, 0.29) is 5.91 Å². The molecule has 0 unspecified atom stereocenters. The number of nitrogens with one attached hydrogen (secondary N) is 1. The summed E-state index contributed by atoms with van der Waals surface area (Å²) in [5, 5.41) is 8.02. The molecule has 0 atom stereocenters. The molecule has 9 heavy (non-hydrogen) atoms. The smallest absolute Gasteiger partial charge is 0.243 e. The minimum atomic E-state index is -0.363. The van der Waals surface area contributed by atoms with Gasteiger partial charge in [-0.2, -0.15) is 0 Å². The highest BCUT2D eigenvalue weighted by molar-refractivity contribution is 5.74. The molecule has 0 saturated carbocycles. The molecule has 2 N–H and O–H groups in total. The van der Waals surface area contributed by atoms with Crippen molar-refractivity contribution in [3.05, 3.63) is 12.2 Å². The lowest BCUT2D eigenvalue weighted by Gasteiger charge is -1.95. The van der Waals surface area contributed by atoms with Crippen molar-refractivity contribution in [3.8, 4) is 0 Å². The van der Waals surface area contributed by atoms with E-state index < -0.39 is 0 Å². The molecule has 0 aromatic rings. The maximum atomic E-state index is 10.3. The highest BCUT2D eigenvalue weighted by Gasteiger charge is 1.96. The Labute approximate surface area is 54.3 Å². The Morgan fingerprint density at radius 3 is 2.56 bits per heavy atom. The van der Waals surface area contributed by atoms with Gasteiger partial charge in [0.2, 0.25) is 5.91 Å². The Kier molecular flexibility index (Phi) is 3.71. The first-order valence-corrected chi connectivity index (χ1v) is 2.74. The van der Waals surface area contributed by atoms with Gasteiger partial charge in [0.1, 0.15) is 0 Å². The molecule has 0 aliphatic rings. The number of hydrogen-bond donors (Lipinski definition) is 2. The lowest BCUT2D eigenvalue weighted by atomic mass is 10.2. The van der Waals surface area contributed by atoms with E-state index in [1.165, 1.54) is 0 Å². The topological polar surface area (TPSA) is 49.3 Å². The van der Waals surface area contributed by atoms with Gasteiger partial charge in [0.25, 0.3) is 0 Å². The molecule has 1 amide bonds. The Balaban J connectivity index is 3.28. The normalized spacial score (nSPS) is 8.67. The molecule has 3 heteroatoms. The fourth-order valence-corrected chi connectivity index (χ4v) is 0.383. The van der Waals surface area contributed by atoms with E-state index in [1.807, 2.05) is 6.92 Å². The average molecular weight is 129 g/mol. The van der Waals surface area contributed by atoms with Gasteiger partial charge in [-0.05, 0) is 13.3 Å². The van der Waals surface area contributed by atoms with E-state index in [0.29, 0.717) is 12.8 Å². The molecule has 0 aliphatic carbocycles. The van der Waals surface area contributed by atoms with E-state index >= 15 is 0 Å². The van der Waals surface area contributed by atoms with Crippen LogP contribution in [0.2, 0.25) is 0 Å². The fourth-order valence-electron chi connectivity index (χ4n) is 0.383. The van der Waals surface area contributed by atoms with Crippen LogP contribution in [0, 0.1) is 0 Å². The zero-order valence-corrected chi connectivity index (χ0v) is 5.48. The molecule has 3 nitrogen and oxygen atoms in total. The number of hydrogen-bond acceptors (Lipinski definition) is 2. The van der Waals surface area contributed by atoms with E-state index in [4.69, 9.17) is 5.21 Å². The van der Waals surface area contributed by atoms with Gasteiger partial charge in [0.15, 0.2) is 0 Å². The Morgan fingerprint density at radius 2 is 2.22 bits per heavy atom. The molecular formula is C6H11NO2. The average Bonchev–Trinajstić information content (AvgIpc) is 1.83. The van der Waals surface area contributed by atoms with Crippen molar-refractivity contribution in [2.24, 2.45) is 0 Å². The van der Waals surface area contributed by atoms with Crippen molar-refractivity contribution < 1.29 is 10.0 Å². The molecule has 0 aromatic carbocycles. The minimum Gasteiger partial charge on any atom is -0.289 e. The van der Waals surface area contributed by atoms with Crippen molar-refractivity contribution in [1.82, 2.24) is 5.48 Å². The SMILES string of the molecule is C=C(C)CCC(=O)NO. The highest BCUT2D eigenvalue weighted by atomic mass is 16.5. The number of amides is 1. The van der Waals surface area contributed by atoms with Crippen LogP contribution >= 0.6 is 0 Å². The second-order valence-corrected chi connectivity index (χ2v) is 1.99. The third-order valence-corrected chi connectivity index (χ3v) is 0.904. The lowest BCUT2D eigenvalue weighted by Crippen LogP contribution is -2.17. The first-order valence-electron chi connectivity index (χ1n) is 2.74. The quantitative estimate of drug-likeness (QED) is 0.337. The van der Waals surface area contributed by atoms with Crippen LogP contribution in [0.1, 0.15) is 19.8 Å². The molecule has 0 rings (SSSR count). The van der Waals surface area contributed by atoms with Gasteiger partial charge in [-0.15, -0.1) is 6.58 Å². The number of allylic oxidation sites excluding steroid dienone is 1. The Morgan fingerprint density at radius 1 is 1.67 bits per heavy atom. The van der Waals surface area contributed by atoms with Crippen LogP contribution in [0.4, 0.5) is 0 Å². The first kappa shape index (κ1) is 8.17. The second kappa shape index (κ2) is 4.09. The van der Waals surface area contributed by atoms with Crippen LogP contribution in [0.25, 0.3) is 0 Å². The van der Waals surface area contributed by atoms with E-state index in [0.717, 1.165) is 5.57 Å². The monoisotopic (exact) mass is 129 g/mol. The van der Waals surface area contributed by atoms with E-state index in [9.17, 15) is 4.79 Å². The van der Waals surface area contributed by atoms with Crippen molar-refractivity contribution in [1.29, 1.82) is 0 Å². The van der Waals surface area contributed by atoms with Gasteiger partial charge in [-0.1, -0.05) is 5.57 Å². The number of hydroxylamine groups is 1. The third-order valence-electron chi connectivity index (χ3n) is 0.904. The van der Waals surface area contributed by atoms with E-state index in [2.05, 4.69) is 6.58 Å². The van der Waals surface area contributed by atoms with Gasteiger partial charge >= 0.3 is 0 Å². The summed E-state index contributed by atoms with van der Waals surface area (Å²) in [6, 6.07) is 0. The minimum absolute atomic E-state index is 0.311. The van der Waals surface area contributed by atoms with Crippen LogP contribution in [0.3, 0.4) is 0 Å². The zero-order valence-electron chi connectivity index (χ0n) is 5.48. The molecule has 0 bridgehead atoms. The summed E-state index contributed by atoms with van der Waals surface area (Å²) in [5.41, 5.74) is 2.48. The maximum absolute atomic E-state index is 10.3. The van der Waals surface area contributed by atoms with Gasteiger partial charge in [0.05, 0.1) is 0 Å². The number of rotatable bonds is 3. The second-order valence-electron chi connectivity index (χ2n) is 1.99. The van der Waals surface area contributed by atoms with Crippen LogP contribution in [0.5, 0.6) is 0 Å². The third kappa shape index (κ3) is 5.03. The molecule has 0 aliphatic heterocycles.